The molecule has 4 N–H and O–H groups in total. The van der Waals surface area contributed by atoms with Crippen LogP contribution in [0.25, 0.3) is 32.7 Å². The van der Waals surface area contributed by atoms with Crippen molar-refractivity contribution in [1.29, 1.82) is 0 Å². The number of hydrogen-bond donors (Lipinski definition) is 4. The predicted octanol–water partition coefficient (Wildman–Crippen LogP) is 7.89. The molecule has 0 atom stereocenters. The Morgan fingerprint density at radius 1 is 0.652 bits per heavy atom. The number of halogens is 2. The highest BCUT2D eigenvalue weighted by Gasteiger charge is 2.22. The maximum atomic E-state index is 13.0. The molecule has 2 amide bonds. The van der Waals surface area contributed by atoms with Crippen molar-refractivity contribution in [2.75, 3.05) is 13.1 Å². The van der Waals surface area contributed by atoms with Crippen LogP contribution in [0.1, 0.15) is 26.7 Å². The van der Waals surface area contributed by atoms with Crippen LogP contribution in [-0.4, -0.2) is 47.4 Å². The van der Waals surface area contributed by atoms with Gasteiger partial charge in [0.2, 0.25) is 0 Å². The molecule has 0 saturated heterocycles. The summed E-state index contributed by atoms with van der Waals surface area (Å²) in [6.45, 7) is 3.28. The van der Waals surface area contributed by atoms with Crippen LogP contribution in [0.3, 0.4) is 0 Å². The largest absolute Gasteiger partial charge is 0.478 e. The first-order chi connectivity index (χ1) is 21.9. The smallest absolute Gasteiger partial charge is 0.412 e. The van der Waals surface area contributed by atoms with Crippen LogP contribution in [0, 0.1) is 7.14 Å². The number of amides is 2. The van der Waals surface area contributed by atoms with E-state index in [4.69, 9.17) is 19.7 Å². The summed E-state index contributed by atoms with van der Waals surface area (Å²) in [6.07, 6.45) is 2.18. The van der Waals surface area contributed by atoms with Gasteiger partial charge in [0.1, 0.15) is 11.5 Å². The van der Waals surface area contributed by atoms with E-state index in [2.05, 4.69) is 55.8 Å². The summed E-state index contributed by atoms with van der Waals surface area (Å²) in [7, 11) is 0. The predicted molar refractivity (Wildman–Crippen MR) is 192 cm³/mol. The van der Waals surface area contributed by atoms with Crippen molar-refractivity contribution in [3.8, 4) is 22.6 Å². The number of aliphatic carboxylic acids is 2. The third-order valence-corrected chi connectivity index (χ3v) is 8.29. The van der Waals surface area contributed by atoms with Gasteiger partial charge in [-0.05, 0) is 130 Å². The van der Waals surface area contributed by atoms with Gasteiger partial charge < -0.3 is 30.3 Å². The summed E-state index contributed by atoms with van der Waals surface area (Å²) in [4.78, 5) is 48.0. The number of rotatable bonds is 11. The Bertz CT molecular complexity index is 1760. The Kier molecular flexibility index (Phi) is 12.0. The molecule has 238 valence electrons. The summed E-state index contributed by atoms with van der Waals surface area (Å²) < 4.78 is 13.7. The van der Waals surface area contributed by atoms with Crippen LogP contribution in [0.2, 0.25) is 0 Å². The van der Waals surface area contributed by atoms with Gasteiger partial charge in [-0.15, -0.1) is 0 Å². The first-order valence-corrected chi connectivity index (χ1v) is 16.3. The van der Waals surface area contributed by atoms with Crippen molar-refractivity contribution in [1.82, 2.24) is 10.6 Å². The summed E-state index contributed by atoms with van der Waals surface area (Å²) in [5.74, 6) is -1.59. The Hall–Kier alpha value is -4.18. The fourth-order valence-electron chi connectivity index (χ4n) is 4.62. The van der Waals surface area contributed by atoms with Crippen LogP contribution in [0.5, 0.6) is 11.5 Å². The maximum absolute atomic E-state index is 13.0. The first kappa shape index (κ1) is 34.7. The second kappa shape index (κ2) is 15.9. The Balaban J connectivity index is 1.75. The summed E-state index contributed by atoms with van der Waals surface area (Å²) >= 11 is 4.44. The van der Waals surface area contributed by atoms with Crippen molar-refractivity contribution in [2.45, 2.75) is 26.7 Å². The van der Waals surface area contributed by atoms with Crippen LogP contribution in [0.15, 0.2) is 84.0 Å². The molecular formula is C34H30I2N2O8. The van der Waals surface area contributed by atoms with E-state index in [-0.39, 0.29) is 35.7 Å². The molecule has 10 nitrogen and oxygen atoms in total. The minimum atomic E-state index is -1.03. The number of ether oxygens (including phenoxy) is 2. The molecule has 12 heteroatoms. The molecule has 4 rings (SSSR count). The molecule has 0 bridgehead atoms. The van der Waals surface area contributed by atoms with Crippen LogP contribution < -0.4 is 20.1 Å². The number of carboxylic acid groups (broad SMARTS) is 2. The van der Waals surface area contributed by atoms with E-state index in [9.17, 15) is 19.2 Å². The van der Waals surface area contributed by atoms with Gasteiger partial charge in [0.15, 0.2) is 0 Å². The molecule has 0 fully saturated rings. The maximum Gasteiger partial charge on any atom is 0.412 e. The molecule has 46 heavy (non-hydrogen) atoms. The minimum Gasteiger partial charge on any atom is -0.478 e. The molecule has 0 saturated carbocycles. The molecule has 4 aromatic rings. The highest BCUT2D eigenvalue weighted by molar-refractivity contribution is 14.1. The SMILES string of the molecule is C/C(=C\CCNC(=O)Oc1ccc2cc(I)ccc2c1-c1c(OC(=O)NCC/C=C(\C)C(=O)O)ccc2cc(I)ccc12)C(=O)O. The van der Waals surface area contributed by atoms with Crippen molar-refractivity contribution < 1.29 is 38.9 Å². The molecule has 0 unspecified atom stereocenters. The molecule has 0 aliphatic heterocycles. The third kappa shape index (κ3) is 8.96. The van der Waals surface area contributed by atoms with Gasteiger partial charge in [0, 0.05) is 42.5 Å². The second-order valence-corrected chi connectivity index (χ2v) is 12.7. The Morgan fingerprint density at radius 2 is 1.04 bits per heavy atom. The molecule has 0 aromatic heterocycles. The number of benzene rings is 4. The molecule has 4 aromatic carbocycles. The van der Waals surface area contributed by atoms with Crippen molar-refractivity contribution in [2.24, 2.45) is 0 Å². The second-order valence-electron chi connectivity index (χ2n) is 10.2. The molecule has 0 aliphatic rings. The lowest BCUT2D eigenvalue weighted by Crippen LogP contribution is -2.28. The van der Waals surface area contributed by atoms with Crippen LogP contribution in [-0.2, 0) is 9.59 Å². The number of fused-ring (bicyclic) bond motifs is 2. The Morgan fingerprint density at radius 3 is 1.41 bits per heavy atom. The first-order valence-electron chi connectivity index (χ1n) is 14.1. The van der Waals surface area contributed by atoms with Gasteiger partial charge in [-0.1, -0.05) is 36.4 Å². The normalized spacial score (nSPS) is 11.7. The van der Waals surface area contributed by atoms with Gasteiger partial charge in [-0.3, -0.25) is 0 Å². The van der Waals surface area contributed by atoms with Crippen molar-refractivity contribution in [3.05, 3.63) is 91.1 Å². The summed E-state index contributed by atoms with van der Waals surface area (Å²) in [5, 5.41) is 26.7. The van der Waals surface area contributed by atoms with E-state index in [0.717, 1.165) is 28.7 Å². The molecule has 0 radical (unpaired) electrons. The number of carboxylic acids is 2. The van der Waals surface area contributed by atoms with Crippen molar-refractivity contribution >= 4 is 90.9 Å². The van der Waals surface area contributed by atoms with E-state index < -0.39 is 24.1 Å². The van der Waals surface area contributed by atoms with Gasteiger partial charge in [0.25, 0.3) is 0 Å². The fourth-order valence-corrected chi connectivity index (χ4v) is 5.65. The topological polar surface area (TPSA) is 151 Å². The standard InChI is InChI=1S/C34H30I2N2O8/c1-19(31(39)40)5-3-15-37-33(43)45-27-13-7-21-17-23(35)9-11-25(21)29(27)30-26-12-10-24(36)18-22(26)8-14-28(30)46-34(44)38-16-4-6-20(2)32(41)42/h5-14,17-18H,3-4,15-16H2,1-2H3,(H,37,43)(H,38,44)(H,39,40)(H,41,42)/b19-5+,20-6+. The third-order valence-electron chi connectivity index (χ3n) is 6.95. The zero-order valence-corrected chi connectivity index (χ0v) is 29.2. The molecular weight excluding hydrogens is 818 g/mol. The monoisotopic (exact) mass is 848 g/mol. The average molecular weight is 848 g/mol. The summed E-state index contributed by atoms with van der Waals surface area (Å²) in [5.41, 5.74) is 1.44. The number of carbonyl (C=O) groups is 4. The summed E-state index contributed by atoms with van der Waals surface area (Å²) in [6, 6.07) is 18.8. The van der Waals surface area contributed by atoms with Crippen LogP contribution >= 0.6 is 45.2 Å². The van der Waals surface area contributed by atoms with Gasteiger partial charge in [0.05, 0.1) is 0 Å². The number of nitrogens with one attached hydrogen (secondary N) is 2. The van der Waals surface area contributed by atoms with E-state index in [0.29, 0.717) is 24.0 Å². The van der Waals surface area contributed by atoms with E-state index in [1.165, 1.54) is 26.0 Å². The Labute approximate surface area is 292 Å². The van der Waals surface area contributed by atoms with E-state index >= 15 is 0 Å². The zero-order valence-electron chi connectivity index (χ0n) is 24.9. The minimum absolute atomic E-state index is 0.160. The number of carbonyl (C=O) groups excluding carboxylic acids is 2. The zero-order chi connectivity index (χ0) is 33.4. The fraction of sp³-hybridized carbons (Fsp3) is 0.176. The van der Waals surface area contributed by atoms with E-state index in [1.807, 2.05) is 48.5 Å². The quantitative estimate of drug-likeness (QED) is 0.0677. The van der Waals surface area contributed by atoms with Gasteiger partial charge >= 0.3 is 24.1 Å². The lowest BCUT2D eigenvalue weighted by Gasteiger charge is -2.19. The van der Waals surface area contributed by atoms with Crippen LogP contribution in [0.4, 0.5) is 9.59 Å². The molecule has 0 aliphatic carbocycles. The van der Waals surface area contributed by atoms with Crippen molar-refractivity contribution in [3.63, 3.8) is 0 Å². The molecule has 0 spiro atoms. The van der Waals surface area contributed by atoms with E-state index in [1.54, 1.807) is 12.1 Å². The average Bonchev–Trinajstić information content (AvgIpc) is 3.01. The number of hydrogen-bond acceptors (Lipinski definition) is 6. The van der Waals surface area contributed by atoms with Gasteiger partial charge in [-0.2, -0.15) is 0 Å². The lowest BCUT2D eigenvalue weighted by molar-refractivity contribution is -0.133. The highest BCUT2D eigenvalue weighted by Crippen LogP contribution is 2.46. The highest BCUT2D eigenvalue weighted by atomic mass is 127. The molecule has 0 heterocycles. The van der Waals surface area contributed by atoms with Gasteiger partial charge in [-0.25, -0.2) is 19.2 Å². The lowest BCUT2D eigenvalue weighted by atomic mass is 9.92.